The maximum atomic E-state index is 13.5. The van der Waals surface area contributed by atoms with Crippen LogP contribution < -0.4 is 23.7 Å². The highest BCUT2D eigenvalue weighted by Crippen LogP contribution is 2.50. The largest absolute Gasteiger partial charge is 0.496 e. The quantitative estimate of drug-likeness (QED) is 0.168. The number of allylic oxidation sites excluding steroid dienone is 1. The lowest BCUT2D eigenvalue weighted by atomic mass is 9.88. The van der Waals surface area contributed by atoms with E-state index in [0.717, 1.165) is 0 Å². The smallest absolute Gasteiger partial charge is 0.335 e. The molecule has 1 N–H and O–H groups in total. The van der Waals surface area contributed by atoms with Crippen molar-refractivity contribution in [3.05, 3.63) is 94.4 Å². The Morgan fingerprint density at radius 1 is 0.881 bits per heavy atom. The maximum absolute atomic E-state index is 13.5. The molecule has 3 aromatic carbocycles. The second kappa shape index (κ2) is 10.5. The summed E-state index contributed by atoms with van der Waals surface area (Å²) in [6.45, 7) is 0. The van der Waals surface area contributed by atoms with Crippen LogP contribution in [0.25, 0.3) is 17.4 Å². The Labute approximate surface area is 239 Å². The third-order valence-corrected chi connectivity index (χ3v) is 7.19. The lowest BCUT2D eigenvalue weighted by molar-refractivity contribution is -0.135. The molecule has 6 rings (SSSR count). The predicted octanol–water partition coefficient (Wildman–Crippen LogP) is 5.73. The standard InChI is InChI=1S/C32H24O10/c1-37-24-15-26(39-3)25(38-2)12-18(24)13-27-30(34)19-8-9-23-29(31(19)42-27)20(14-28(33)41-23)22-11-10-21(40-22)16-4-6-17(7-5-16)32(35)36/h4-13,15,20H,14H2,1-3H3,(H,35,36). The highest BCUT2D eigenvalue weighted by Gasteiger charge is 2.40. The van der Waals surface area contributed by atoms with Crippen LogP contribution in [-0.4, -0.2) is 44.2 Å². The minimum absolute atomic E-state index is 0.0333. The number of carbonyl (C=O) groups excluding carboxylic acids is 2. The summed E-state index contributed by atoms with van der Waals surface area (Å²) in [5.41, 5.74) is 2.20. The predicted molar refractivity (Wildman–Crippen MR) is 149 cm³/mol. The lowest BCUT2D eigenvalue weighted by Crippen LogP contribution is -2.21. The second-order valence-corrected chi connectivity index (χ2v) is 9.56. The van der Waals surface area contributed by atoms with Gasteiger partial charge in [0.2, 0.25) is 5.78 Å². The fraction of sp³-hybridized carbons (Fsp3) is 0.156. The number of ketones is 1. The van der Waals surface area contributed by atoms with E-state index in [1.807, 2.05) is 0 Å². The first-order chi connectivity index (χ1) is 20.3. The van der Waals surface area contributed by atoms with Gasteiger partial charge in [0.1, 0.15) is 28.8 Å². The number of carboxylic acids is 1. The number of fused-ring (bicyclic) bond motifs is 3. The lowest BCUT2D eigenvalue weighted by Gasteiger charge is -2.24. The molecule has 1 atom stereocenters. The van der Waals surface area contributed by atoms with Gasteiger partial charge in [-0.1, -0.05) is 12.1 Å². The SMILES string of the molecule is COc1cc(OC)c(OC)cc1C=C1Oc2c(ccc3c2C(c2ccc(-c4ccc(C(=O)O)cc4)o2)CC(=O)O3)C1=O. The van der Waals surface area contributed by atoms with Crippen LogP contribution in [0.4, 0.5) is 0 Å². The summed E-state index contributed by atoms with van der Waals surface area (Å²) < 4.78 is 34.1. The van der Waals surface area contributed by atoms with E-state index >= 15 is 0 Å². The number of carboxylic acid groups (broad SMARTS) is 1. The maximum Gasteiger partial charge on any atom is 0.335 e. The van der Waals surface area contributed by atoms with Crippen molar-refractivity contribution in [1.29, 1.82) is 0 Å². The van der Waals surface area contributed by atoms with Gasteiger partial charge >= 0.3 is 11.9 Å². The van der Waals surface area contributed by atoms with Crippen molar-refractivity contribution in [3.8, 4) is 40.1 Å². The molecular formula is C32H24O10. The van der Waals surface area contributed by atoms with E-state index in [9.17, 15) is 19.5 Å². The van der Waals surface area contributed by atoms with Crippen LogP contribution in [0.15, 0.2) is 70.8 Å². The summed E-state index contributed by atoms with van der Waals surface area (Å²) >= 11 is 0. The number of carbonyl (C=O) groups is 3. The Balaban J connectivity index is 1.39. The minimum Gasteiger partial charge on any atom is -0.496 e. The van der Waals surface area contributed by atoms with Crippen LogP contribution >= 0.6 is 0 Å². The number of aromatic carboxylic acids is 1. The van der Waals surface area contributed by atoms with Gasteiger partial charge in [-0.15, -0.1) is 0 Å². The monoisotopic (exact) mass is 568 g/mol. The molecule has 0 bridgehead atoms. The summed E-state index contributed by atoms with van der Waals surface area (Å²) in [4.78, 5) is 37.3. The molecule has 2 aliphatic rings. The van der Waals surface area contributed by atoms with E-state index in [-0.39, 0.29) is 35.0 Å². The summed E-state index contributed by atoms with van der Waals surface area (Å²) in [6, 6.07) is 16.2. The number of hydrogen-bond donors (Lipinski definition) is 1. The van der Waals surface area contributed by atoms with Gasteiger partial charge in [0.25, 0.3) is 0 Å². The molecule has 212 valence electrons. The summed E-state index contributed by atoms with van der Waals surface area (Å²) in [7, 11) is 4.52. The van der Waals surface area contributed by atoms with Gasteiger partial charge in [0.15, 0.2) is 17.3 Å². The van der Waals surface area contributed by atoms with Crippen molar-refractivity contribution in [2.24, 2.45) is 0 Å². The van der Waals surface area contributed by atoms with Crippen LogP contribution in [0.2, 0.25) is 0 Å². The Bertz CT molecular complexity index is 1780. The van der Waals surface area contributed by atoms with E-state index in [0.29, 0.717) is 51.0 Å². The Morgan fingerprint density at radius 2 is 1.60 bits per heavy atom. The minimum atomic E-state index is -1.03. The van der Waals surface area contributed by atoms with Crippen molar-refractivity contribution in [3.63, 3.8) is 0 Å². The molecule has 0 saturated carbocycles. The molecule has 10 nitrogen and oxygen atoms in total. The molecule has 1 unspecified atom stereocenters. The Hall–Kier alpha value is -5.51. The van der Waals surface area contributed by atoms with Crippen LogP contribution in [0.5, 0.6) is 28.7 Å². The van der Waals surface area contributed by atoms with Crippen molar-refractivity contribution in [2.45, 2.75) is 12.3 Å². The molecule has 0 spiro atoms. The third-order valence-electron chi connectivity index (χ3n) is 7.19. The van der Waals surface area contributed by atoms with Gasteiger partial charge in [-0.2, -0.15) is 0 Å². The molecule has 0 radical (unpaired) electrons. The van der Waals surface area contributed by atoms with Crippen LogP contribution in [0.1, 0.15) is 49.9 Å². The number of furan rings is 1. The van der Waals surface area contributed by atoms with Gasteiger partial charge in [-0.05, 0) is 48.5 Å². The Morgan fingerprint density at radius 3 is 2.29 bits per heavy atom. The van der Waals surface area contributed by atoms with Gasteiger partial charge in [0.05, 0.1) is 44.8 Å². The summed E-state index contributed by atoms with van der Waals surface area (Å²) in [5.74, 6) is 0.509. The van der Waals surface area contributed by atoms with Gasteiger partial charge in [0, 0.05) is 22.8 Å². The zero-order chi connectivity index (χ0) is 29.5. The fourth-order valence-corrected chi connectivity index (χ4v) is 5.13. The molecule has 4 aromatic rings. The summed E-state index contributed by atoms with van der Waals surface area (Å²) in [5, 5.41) is 9.18. The topological polar surface area (TPSA) is 131 Å². The fourth-order valence-electron chi connectivity index (χ4n) is 5.13. The molecule has 0 fully saturated rings. The highest BCUT2D eigenvalue weighted by atomic mass is 16.5. The summed E-state index contributed by atoms with van der Waals surface area (Å²) in [6.07, 6.45) is 1.53. The average Bonchev–Trinajstić information content (AvgIpc) is 3.61. The van der Waals surface area contributed by atoms with Crippen molar-refractivity contribution >= 4 is 23.8 Å². The van der Waals surface area contributed by atoms with E-state index < -0.39 is 17.9 Å². The molecule has 42 heavy (non-hydrogen) atoms. The average molecular weight is 569 g/mol. The molecule has 0 saturated heterocycles. The molecule has 10 heteroatoms. The van der Waals surface area contributed by atoms with Gasteiger partial charge in [-0.3, -0.25) is 9.59 Å². The van der Waals surface area contributed by atoms with Crippen molar-refractivity contribution < 1.29 is 47.6 Å². The van der Waals surface area contributed by atoms with Crippen LogP contribution in [-0.2, 0) is 4.79 Å². The highest BCUT2D eigenvalue weighted by molar-refractivity contribution is 6.15. The normalized spacial score (nSPS) is 16.4. The van der Waals surface area contributed by atoms with Gasteiger partial charge in [-0.25, -0.2) is 4.79 Å². The zero-order valence-corrected chi connectivity index (χ0v) is 22.8. The molecule has 0 amide bonds. The van der Waals surface area contributed by atoms with Crippen molar-refractivity contribution in [2.75, 3.05) is 21.3 Å². The van der Waals surface area contributed by atoms with Crippen LogP contribution in [0, 0.1) is 0 Å². The van der Waals surface area contributed by atoms with E-state index in [2.05, 4.69) is 0 Å². The number of ether oxygens (including phenoxy) is 5. The number of rotatable bonds is 7. The van der Waals surface area contributed by atoms with E-state index in [1.54, 1.807) is 54.6 Å². The van der Waals surface area contributed by atoms with E-state index in [1.165, 1.54) is 33.5 Å². The zero-order valence-electron chi connectivity index (χ0n) is 22.8. The van der Waals surface area contributed by atoms with E-state index in [4.69, 9.17) is 28.1 Å². The Kier molecular flexibility index (Phi) is 6.66. The first-order valence-electron chi connectivity index (χ1n) is 12.9. The van der Waals surface area contributed by atoms with Crippen LogP contribution in [0.3, 0.4) is 0 Å². The second-order valence-electron chi connectivity index (χ2n) is 9.56. The first-order valence-corrected chi connectivity index (χ1v) is 12.9. The molecule has 2 aliphatic heterocycles. The van der Waals surface area contributed by atoms with Crippen molar-refractivity contribution in [1.82, 2.24) is 0 Å². The number of Topliss-reactive ketones (excluding diaryl/α,β-unsaturated/α-hetero) is 1. The molecule has 3 heterocycles. The molecule has 1 aromatic heterocycles. The molecule has 0 aliphatic carbocycles. The first kappa shape index (κ1) is 26.7. The number of hydrogen-bond acceptors (Lipinski definition) is 9. The number of methoxy groups -OCH3 is 3. The third kappa shape index (κ3) is 4.52. The van der Waals surface area contributed by atoms with Gasteiger partial charge < -0.3 is 33.2 Å². The number of benzene rings is 3. The molecular weight excluding hydrogens is 544 g/mol. The number of esters is 1.